The molecule has 0 atom stereocenters. The first kappa shape index (κ1) is 17.0. The van der Waals surface area contributed by atoms with Crippen molar-refractivity contribution in [3.05, 3.63) is 74.4 Å². The Bertz CT molecular complexity index is 941. The first-order valence-corrected chi connectivity index (χ1v) is 8.24. The summed E-state index contributed by atoms with van der Waals surface area (Å²) in [5.74, 6) is -0.477. The number of aromatic nitrogens is 1. The second kappa shape index (κ2) is 7.37. The third-order valence-corrected chi connectivity index (χ3v) is 4.29. The van der Waals surface area contributed by atoms with Crippen LogP contribution in [0.15, 0.2) is 52.9 Å². The average Bonchev–Trinajstić information content (AvgIpc) is 3.06. The van der Waals surface area contributed by atoms with Gasteiger partial charge in [0, 0.05) is 28.6 Å². The van der Waals surface area contributed by atoms with Gasteiger partial charge in [-0.2, -0.15) is 5.10 Å². The van der Waals surface area contributed by atoms with Crippen LogP contribution in [0.4, 0.5) is 15.2 Å². The molecule has 0 saturated heterocycles. The van der Waals surface area contributed by atoms with E-state index in [0.29, 0.717) is 16.4 Å². The highest BCUT2D eigenvalue weighted by Crippen LogP contribution is 2.27. The van der Waals surface area contributed by atoms with E-state index >= 15 is 0 Å². The molecule has 6 nitrogen and oxygen atoms in total. The first-order chi connectivity index (χ1) is 12.0. The molecule has 25 heavy (non-hydrogen) atoms. The number of non-ortho nitro benzene ring substituents is 1. The normalized spacial score (nSPS) is 11.0. The van der Waals surface area contributed by atoms with E-state index in [1.807, 2.05) is 0 Å². The summed E-state index contributed by atoms with van der Waals surface area (Å²) in [4.78, 5) is 14.7. The lowest BCUT2D eigenvalue weighted by molar-refractivity contribution is -0.384. The highest BCUT2D eigenvalue weighted by atomic mass is 35.5. The third kappa shape index (κ3) is 3.98. The van der Waals surface area contributed by atoms with Crippen LogP contribution in [0.3, 0.4) is 0 Å². The van der Waals surface area contributed by atoms with Gasteiger partial charge in [-0.15, -0.1) is 11.3 Å². The van der Waals surface area contributed by atoms with Crippen LogP contribution >= 0.6 is 22.9 Å². The molecule has 0 bridgehead atoms. The number of halogens is 2. The van der Waals surface area contributed by atoms with Gasteiger partial charge in [0.25, 0.3) is 5.69 Å². The van der Waals surface area contributed by atoms with Gasteiger partial charge in [0.15, 0.2) is 0 Å². The van der Waals surface area contributed by atoms with Crippen molar-refractivity contribution in [2.45, 2.75) is 0 Å². The highest BCUT2D eigenvalue weighted by Gasteiger charge is 2.10. The minimum atomic E-state index is -0.477. The Kier molecular flexibility index (Phi) is 5.01. The smallest absolute Gasteiger partial charge is 0.258 e. The number of hydrazone groups is 1. The van der Waals surface area contributed by atoms with Gasteiger partial charge >= 0.3 is 0 Å². The Balaban J connectivity index is 1.75. The summed E-state index contributed by atoms with van der Waals surface area (Å²) >= 11 is 7.18. The van der Waals surface area contributed by atoms with E-state index in [2.05, 4.69) is 15.5 Å². The summed E-state index contributed by atoms with van der Waals surface area (Å²) < 4.78 is 13.6. The van der Waals surface area contributed by atoms with E-state index < -0.39 is 10.7 Å². The largest absolute Gasteiger partial charge is 0.270 e. The van der Waals surface area contributed by atoms with Crippen molar-refractivity contribution in [3.63, 3.8) is 0 Å². The van der Waals surface area contributed by atoms with E-state index in [1.165, 1.54) is 41.8 Å². The molecule has 1 N–H and O–H groups in total. The van der Waals surface area contributed by atoms with Crippen molar-refractivity contribution >= 4 is 40.0 Å². The van der Waals surface area contributed by atoms with E-state index in [4.69, 9.17) is 11.6 Å². The molecule has 0 unspecified atom stereocenters. The Hall–Kier alpha value is -2.84. The van der Waals surface area contributed by atoms with E-state index in [-0.39, 0.29) is 16.3 Å². The van der Waals surface area contributed by atoms with Gasteiger partial charge in [-0.3, -0.25) is 15.5 Å². The summed E-state index contributed by atoms with van der Waals surface area (Å²) in [5, 5.41) is 17.2. The van der Waals surface area contributed by atoms with Crippen molar-refractivity contribution in [1.29, 1.82) is 0 Å². The van der Waals surface area contributed by atoms with Gasteiger partial charge in [-0.25, -0.2) is 9.37 Å². The molecular formula is C16H10ClFN4O2S. The number of nitrogens with one attached hydrogen (secondary N) is 1. The summed E-state index contributed by atoms with van der Waals surface area (Å²) in [5.41, 5.74) is 4.06. The Morgan fingerprint density at radius 1 is 1.32 bits per heavy atom. The number of anilines is 1. The molecule has 1 aromatic heterocycles. The molecule has 0 aliphatic rings. The zero-order valence-corrected chi connectivity index (χ0v) is 14.1. The summed E-state index contributed by atoms with van der Waals surface area (Å²) in [6.45, 7) is 0. The van der Waals surface area contributed by atoms with Crippen molar-refractivity contribution in [2.24, 2.45) is 5.10 Å². The number of nitro groups is 1. The lowest BCUT2D eigenvalue weighted by atomic mass is 10.1. The lowest BCUT2D eigenvalue weighted by Crippen LogP contribution is -1.94. The quantitative estimate of drug-likeness (QED) is 0.388. The molecule has 3 rings (SSSR count). The van der Waals surface area contributed by atoms with Crippen molar-refractivity contribution in [3.8, 4) is 11.3 Å². The molecular weight excluding hydrogens is 367 g/mol. The minimum absolute atomic E-state index is 0.00720. The van der Waals surface area contributed by atoms with Gasteiger partial charge in [0.1, 0.15) is 5.82 Å². The van der Waals surface area contributed by atoms with Crippen LogP contribution in [0.1, 0.15) is 5.56 Å². The fraction of sp³-hybridized carbons (Fsp3) is 0. The number of nitrogens with zero attached hydrogens (tertiary/aromatic N) is 3. The van der Waals surface area contributed by atoms with Crippen molar-refractivity contribution in [1.82, 2.24) is 4.98 Å². The van der Waals surface area contributed by atoms with Crippen LogP contribution in [0, 0.1) is 15.9 Å². The maximum atomic E-state index is 13.6. The standard InChI is InChI=1S/C16H10ClFN4O2S/c17-13-5-2-6-14(18)12(13)8-19-21-16-20-15(9-25-16)10-3-1-4-11(7-10)22(23)24/h1-9H,(H,20,21). The summed E-state index contributed by atoms with van der Waals surface area (Å²) in [6.07, 6.45) is 1.27. The van der Waals surface area contributed by atoms with Crippen LogP contribution in [0.25, 0.3) is 11.3 Å². The molecule has 1 heterocycles. The fourth-order valence-corrected chi connectivity index (χ4v) is 2.90. The van der Waals surface area contributed by atoms with Crippen molar-refractivity contribution in [2.75, 3.05) is 5.43 Å². The monoisotopic (exact) mass is 376 g/mol. The van der Waals surface area contributed by atoms with Gasteiger partial charge in [0.05, 0.1) is 21.9 Å². The minimum Gasteiger partial charge on any atom is -0.258 e. The predicted molar refractivity (Wildman–Crippen MR) is 96.8 cm³/mol. The molecule has 126 valence electrons. The lowest BCUT2D eigenvalue weighted by Gasteiger charge is -1.99. The SMILES string of the molecule is O=[N+]([O-])c1cccc(-c2csc(NN=Cc3c(F)cccc3Cl)n2)c1. The summed E-state index contributed by atoms with van der Waals surface area (Å²) in [7, 11) is 0. The topological polar surface area (TPSA) is 80.4 Å². The van der Waals surface area contributed by atoms with Crippen LogP contribution in [0.5, 0.6) is 0 Å². The van der Waals surface area contributed by atoms with Gasteiger partial charge in [-0.1, -0.05) is 29.8 Å². The van der Waals surface area contributed by atoms with Gasteiger partial charge in [-0.05, 0) is 12.1 Å². The number of hydrogen-bond acceptors (Lipinski definition) is 6. The van der Waals surface area contributed by atoms with Gasteiger partial charge in [0.2, 0.25) is 5.13 Å². The number of thiazole rings is 1. The number of hydrogen-bond donors (Lipinski definition) is 1. The van der Waals surface area contributed by atoms with E-state index in [0.717, 1.165) is 0 Å². The number of rotatable bonds is 5. The molecule has 9 heteroatoms. The van der Waals surface area contributed by atoms with Crippen LogP contribution in [0.2, 0.25) is 5.02 Å². The molecule has 2 aromatic carbocycles. The second-order valence-corrected chi connectivity index (χ2v) is 6.12. The highest BCUT2D eigenvalue weighted by molar-refractivity contribution is 7.14. The number of nitro benzene ring substituents is 1. The van der Waals surface area contributed by atoms with Crippen molar-refractivity contribution < 1.29 is 9.31 Å². The maximum absolute atomic E-state index is 13.6. The molecule has 0 fully saturated rings. The van der Waals surface area contributed by atoms with Crippen LogP contribution in [-0.4, -0.2) is 16.1 Å². The Morgan fingerprint density at radius 3 is 2.88 bits per heavy atom. The maximum Gasteiger partial charge on any atom is 0.270 e. The van der Waals surface area contributed by atoms with Gasteiger partial charge < -0.3 is 0 Å². The predicted octanol–water partition coefficient (Wildman–Crippen LogP) is 4.96. The van der Waals surface area contributed by atoms with Crippen LogP contribution < -0.4 is 5.43 Å². The number of benzene rings is 2. The molecule has 0 saturated carbocycles. The summed E-state index contributed by atoms with van der Waals surface area (Å²) in [6, 6.07) is 10.5. The first-order valence-electron chi connectivity index (χ1n) is 6.98. The Labute approximate surface area is 150 Å². The molecule has 0 radical (unpaired) electrons. The zero-order valence-electron chi connectivity index (χ0n) is 12.5. The van der Waals surface area contributed by atoms with E-state index in [1.54, 1.807) is 23.6 Å². The Morgan fingerprint density at radius 2 is 2.12 bits per heavy atom. The molecule has 0 aliphatic heterocycles. The molecule has 3 aromatic rings. The van der Waals surface area contributed by atoms with Crippen LogP contribution in [-0.2, 0) is 0 Å². The zero-order chi connectivity index (χ0) is 17.8. The second-order valence-electron chi connectivity index (χ2n) is 4.85. The average molecular weight is 377 g/mol. The fourth-order valence-electron chi connectivity index (χ4n) is 2.02. The third-order valence-electron chi connectivity index (χ3n) is 3.21. The molecule has 0 spiro atoms. The van der Waals surface area contributed by atoms with E-state index in [9.17, 15) is 14.5 Å². The molecule has 0 aliphatic carbocycles. The molecule has 0 amide bonds.